The van der Waals surface area contributed by atoms with E-state index < -0.39 is 11.8 Å². The van der Waals surface area contributed by atoms with E-state index in [1.54, 1.807) is 30.3 Å². The summed E-state index contributed by atoms with van der Waals surface area (Å²) in [5.74, 6) is 0.191. The maximum Gasteiger partial charge on any atom is 0.277 e. The summed E-state index contributed by atoms with van der Waals surface area (Å²) < 4.78 is 7.75. The SMILES string of the molecule is C[n+]1[nH]c(-c2ccccc2)c(/C=C2\C(=O)NC(=S)N(c3ccc(Oc4ccccc4)cc3)C2=O)c1Sc1ccc(Cl)cc1. The van der Waals surface area contributed by atoms with Crippen molar-refractivity contribution in [2.45, 2.75) is 9.92 Å². The zero-order valence-electron chi connectivity index (χ0n) is 22.8. The molecule has 1 saturated heterocycles. The average molecular weight is 624 g/mol. The smallest absolute Gasteiger partial charge is 0.277 e. The lowest BCUT2D eigenvalue weighted by Crippen LogP contribution is -2.54. The van der Waals surface area contributed by atoms with Gasteiger partial charge in [-0.2, -0.15) is 5.10 Å². The van der Waals surface area contributed by atoms with Crippen molar-refractivity contribution in [3.8, 4) is 22.8 Å². The van der Waals surface area contributed by atoms with E-state index in [9.17, 15) is 9.59 Å². The molecule has 1 aromatic heterocycles. The molecule has 43 heavy (non-hydrogen) atoms. The second-order valence-corrected chi connectivity index (χ2v) is 11.4. The van der Waals surface area contributed by atoms with E-state index in [4.69, 9.17) is 28.6 Å². The predicted octanol–water partition coefficient (Wildman–Crippen LogP) is 6.93. The topological polar surface area (TPSA) is 78.3 Å². The number of para-hydroxylation sites is 1. The maximum atomic E-state index is 13.9. The molecular weight excluding hydrogens is 600 g/mol. The molecule has 0 spiro atoms. The number of aromatic nitrogens is 2. The van der Waals surface area contributed by atoms with Crippen LogP contribution in [0.5, 0.6) is 11.5 Å². The lowest BCUT2D eigenvalue weighted by molar-refractivity contribution is -0.760. The van der Waals surface area contributed by atoms with E-state index >= 15 is 0 Å². The van der Waals surface area contributed by atoms with Crippen LogP contribution in [0.3, 0.4) is 0 Å². The zero-order valence-corrected chi connectivity index (χ0v) is 25.2. The van der Waals surface area contributed by atoms with Crippen LogP contribution < -0.4 is 19.6 Å². The van der Waals surface area contributed by atoms with Gasteiger partial charge in [-0.05, 0) is 90.7 Å². The number of amides is 2. The quantitative estimate of drug-likeness (QED) is 0.0889. The van der Waals surface area contributed by atoms with Crippen molar-refractivity contribution in [3.63, 3.8) is 0 Å². The van der Waals surface area contributed by atoms with Gasteiger partial charge in [0.15, 0.2) is 12.2 Å². The van der Waals surface area contributed by atoms with Crippen LogP contribution in [0, 0.1) is 0 Å². The number of H-pyrrole nitrogens is 1. The fourth-order valence-corrected chi connectivity index (χ4v) is 5.94. The number of aromatic amines is 1. The highest BCUT2D eigenvalue weighted by Crippen LogP contribution is 2.36. The third kappa shape index (κ3) is 6.10. The Hall–Kier alpha value is -4.70. The van der Waals surface area contributed by atoms with Crippen molar-refractivity contribution in [3.05, 3.63) is 125 Å². The Morgan fingerprint density at radius 1 is 0.860 bits per heavy atom. The summed E-state index contributed by atoms with van der Waals surface area (Å²) in [6, 6.07) is 33.6. The van der Waals surface area contributed by atoms with Crippen molar-refractivity contribution in [1.29, 1.82) is 0 Å². The van der Waals surface area contributed by atoms with E-state index in [1.165, 1.54) is 16.7 Å². The molecule has 4 aromatic carbocycles. The summed E-state index contributed by atoms with van der Waals surface area (Å²) in [7, 11) is 1.88. The Morgan fingerprint density at radius 3 is 2.16 bits per heavy atom. The molecule has 1 aliphatic heterocycles. The number of hydrogen-bond acceptors (Lipinski definition) is 5. The summed E-state index contributed by atoms with van der Waals surface area (Å²) in [5, 5.41) is 7.51. The first-order valence-electron chi connectivity index (χ1n) is 13.2. The second-order valence-electron chi connectivity index (χ2n) is 9.55. The number of nitrogens with zero attached hydrogens (tertiary/aromatic N) is 2. The number of carbonyl (C=O) groups excluding carboxylic acids is 2. The summed E-state index contributed by atoms with van der Waals surface area (Å²) in [5.41, 5.74) is 2.80. The highest BCUT2D eigenvalue weighted by Gasteiger charge is 2.36. The number of aryl methyl sites for hydroxylation is 1. The summed E-state index contributed by atoms with van der Waals surface area (Å²) in [6.45, 7) is 0. The van der Waals surface area contributed by atoms with E-state index in [-0.39, 0.29) is 10.7 Å². The highest BCUT2D eigenvalue weighted by atomic mass is 35.5. The largest absolute Gasteiger partial charge is 0.457 e. The van der Waals surface area contributed by atoms with E-state index in [0.29, 0.717) is 27.8 Å². The Balaban J connectivity index is 1.38. The molecule has 7 nitrogen and oxygen atoms in total. The highest BCUT2D eigenvalue weighted by molar-refractivity contribution is 7.99. The molecule has 212 valence electrons. The second kappa shape index (κ2) is 12.3. The number of anilines is 1. The van der Waals surface area contributed by atoms with E-state index in [2.05, 4.69) is 10.4 Å². The third-order valence-corrected chi connectivity index (χ3v) is 8.37. The van der Waals surface area contributed by atoms with Crippen LogP contribution in [-0.2, 0) is 16.6 Å². The summed E-state index contributed by atoms with van der Waals surface area (Å²) in [6.07, 6.45) is 1.62. The van der Waals surface area contributed by atoms with E-state index in [1.807, 2.05) is 96.7 Å². The number of halogens is 1. The standard InChI is InChI=1S/C33H23ClN4O3S2/c1-37-32(43-26-18-12-22(34)13-19-26)27(29(36-37)21-8-4-2-5-9-21)20-28-30(39)35-33(42)38(31(28)40)23-14-16-25(17-15-23)41-24-10-6-3-7-11-24/h2-20H,1H3,(H,35,39,42)/p+1/b28-20+. The molecule has 2 amide bonds. The minimum absolute atomic E-state index is 0.00236. The van der Waals surface area contributed by atoms with Gasteiger partial charge in [-0.3, -0.25) is 19.8 Å². The number of nitrogens with one attached hydrogen (secondary N) is 2. The van der Waals surface area contributed by atoms with Crippen LogP contribution in [0.25, 0.3) is 17.3 Å². The summed E-state index contributed by atoms with van der Waals surface area (Å²) >= 11 is 13.0. The molecule has 6 rings (SSSR count). The molecule has 0 radical (unpaired) electrons. The zero-order chi connectivity index (χ0) is 29.9. The van der Waals surface area contributed by atoms with Crippen LogP contribution >= 0.6 is 35.6 Å². The number of carbonyl (C=O) groups is 2. The molecule has 10 heteroatoms. The van der Waals surface area contributed by atoms with Crippen molar-refractivity contribution in [2.75, 3.05) is 4.90 Å². The van der Waals surface area contributed by atoms with Crippen LogP contribution in [0.4, 0.5) is 5.69 Å². The van der Waals surface area contributed by atoms with Crippen molar-refractivity contribution < 1.29 is 19.0 Å². The van der Waals surface area contributed by atoms with Crippen LogP contribution in [0.2, 0.25) is 5.02 Å². The molecule has 0 aliphatic carbocycles. The molecule has 1 fully saturated rings. The fourth-order valence-electron chi connectivity index (χ4n) is 4.59. The molecule has 0 atom stereocenters. The molecule has 0 saturated carbocycles. The molecule has 2 N–H and O–H groups in total. The van der Waals surface area contributed by atoms with Crippen LogP contribution in [-0.4, -0.2) is 22.0 Å². The molecule has 0 unspecified atom stereocenters. The van der Waals surface area contributed by atoms with Crippen LogP contribution in [0.1, 0.15) is 5.56 Å². The first-order chi connectivity index (χ1) is 20.9. The van der Waals surface area contributed by atoms with Gasteiger partial charge < -0.3 is 4.74 Å². The predicted molar refractivity (Wildman–Crippen MR) is 172 cm³/mol. The van der Waals surface area contributed by atoms with Gasteiger partial charge in [-0.25, -0.2) is 0 Å². The molecule has 0 bridgehead atoms. The lowest BCUT2D eigenvalue weighted by atomic mass is 10.0. The van der Waals surface area contributed by atoms with Gasteiger partial charge in [0.1, 0.15) is 22.8 Å². The minimum Gasteiger partial charge on any atom is -0.457 e. The van der Waals surface area contributed by atoms with Crippen LogP contribution in [0.15, 0.2) is 125 Å². The first kappa shape index (κ1) is 28.4. The van der Waals surface area contributed by atoms with Gasteiger partial charge in [0.05, 0.1) is 11.3 Å². The van der Waals surface area contributed by atoms with Crippen molar-refractivity contribution in [2.24, 2.45) is 7.05 Å². The Kier molecular flexibility index (Phi) is 8.11. The Bertz CT molecular complexity index is 1860. The van der Waals surface area contributed by atoms with Gasteiger partial charge in [0.25, 0.3) is 16.8 Å². The number of hydrogen-bond donors (Lipinski definition) is 2. The van der Waals surface area contributed by atoms with Crippen molar-refractivity contribution in [1.82, 2.24) is 10.4 Å². The third-order valence-electron chi connectivity index (χ3n) is 6.64. The van der Waals surface area contributed by atoms with Gasteiger partial charge in [0.2, 0.25) is 0 Å². The Morgan fingerprint density at radius 2 is 1.49 bits per heavy atom. The number of thiocarbonyl (C=S) groups is 1. The minimum atomic E-state index is -0.569. The average Bonchev–Trinajstić information content (AvgIpc) is 3.32. The van der Waals surface area contributed by atoms with Gasteiger partial charge >= 0.3 is 0 Å². The number of ether oxygens (including phenoxy) is 1. The normalized spacial score (nSPS) is 14.2. The molecule has 1 aliphatic rings. The number of rotatable bonds is 7. The monoisotopic (exact) mass is 623 g/mol. The molecule has 5 aromatic rings. The van der Waals surface area contributed by atoms with Gasteiger partial charge in [-0.15, -0.1) is 4.68 Å². The molecule has 2 heterocycles. The first-order valence-corrected chi connectivity index (χ1v) is 14.8. The van der Waals surface area contributed by atoms with Crippen molar-refractivity contribution >= 4 is 64.3 Å². The maximum absolute atomic E-state index is 13.9. The van der Waals surface area contributed by atoms with E-state index in [0.717, 1.165) is 21.2 Å². The Labute approximate surface area is 262 Å². The summed E-state index contributed by atoms with van der Waals surface area (Å²) in [4.78, 5) is 29.4. The lowest BCUT2D eigenvalue weighted by Gasteiger charge is -2.29. The molecular formula is C33H24ClN4O3S2+. The fraction of sp³-hybridized carbons (Fsp3) is 0.0303. The van der Waals surface area contributed by atoms with Gasteiger partial charge in [-0.1, -0.05) is 60.1 Å². The number of benzene rings is 4. The van der Waals surface area contributed by atoms with Gasteiger partial charge in [0, 0.05) is 15.5 Å².